The van der Waals surface area contributed by atoms with Crippen LogP contribution >= 0.6 is 24.8 Å². The third kappa shape index (κ3) is 5.60. The lowest BCUT2D eigenvalue weighted by Crippen LogP contribution is -2.32. The lowest BCUT2D eigenvalue weighted by atomic mass is 10.1. The predicted molar refractivity (Wildman–Crippen MR) is 98.9 cm³/mol. The molecule has 0 atom stereocenters. The molecular weight excluding hydrogens is 353 g/mol. The molecule has 0 saturated heterocycles. The Labute approximate surface area is 151 Å². The van der Waals surface area contributed by atoms with E-state index in [9.17, 15) is 9.59 Å². The first-order valence-electron chi connectivity index (χ1n) is 6.62. The van der Waals surface area contributed by atoms with Crippen molar-refractivity contribution in [2.24, 2.45) is 5.73 Å². The van der Waals surface area contributed by atoms with E-state index < -0.39 is 0 Å². The number of nitrogens with one attached hydrogen (secondary N) is 2. The van der Waals surface area contributed by atoms with Gasteiger partial charge in [-0.15, -0.1) is 24.8 Å². The molecule has 0 radical (unpaired) electrons. The normalized spacial score (nSPS) is 9.33. The molecule has 0 spiro atoms. The number of halogens is 2. The first-order chi connectivity index (χ1) is 10.5. The zero-order valence-electron chi connectivity index (χ0n) is 12.7. The van der Waals surface area contributed by atoms with E-state index in [0.29, 0.717) is 12.1 Å². The van der Waals surface area contributed by atoms with Crippen LogP contribution in [-0.4, -0.2) is 16.3 Å². The number of amidine groups is 1. The van der Waals surface area contributed by atoms with E-state index >= 15 is 0 Å². The molecule has 7 nitrogen and oxygen atoms in total. The highest BCUT2D eigenvalue weighted by atomic mass is 35.5. The molecule has 0 aliphatic rings. The van der Waals surface area contributed by atoms with Crippen LogP contribution in [0, 0.1) is 5.41 Å². The molecule has 1 heterocycles. The number of nitrogens with zero attached hydrogens (tertiary/aromatic N) is 1. The fourth-order valence-electron chi connectivity index (χ4n) is 1.89. The number of benzene rings is 1. The van der Waals surface area contributed by atoms with Crippen LogP contribution in [0.2, 0.25) is 0 Å². The van der Waals surface area contributed by atoms with Crippen LogP contribution in [0.15, 0.2) is 47.4 Å². The third-order valence-corrected chi connectivity index (χ3v) is 3.12. The van der Waals surface area contributed by atoms with Crippen LogP contribution in [0.1, 0.15) is 11.1 Å². The number of hydrogen-bond donors (Lipinski definition) is 4. The van der Waals surface area contributed by atoms with Gasteiger partial charge in [0.1, 0.15) is 12.4 Å². The molecule has 1 amide bonds. The summed E-state index contributed by atoms with van der Waals surface area (Å²) in [7, 11) is 0. The average molecular weight is 372 g/mol. The van der Waals surface area contributed by atoms with Crippen molar-refractivity contribution < 1.29 is 4.79 Å². The molecule has 0 bridgehead atoms. The van der Waals surface area contributed by atoms with Gasteiger partial charge in [-0.05, 0) is 17.7 Å². The van der Waals surface area contributed by atoms with Crippen LogP contribution in [0.4, 0.5) is 5.69 Å². The van der Waals surface area contributed by atoms with Crippen molar-refractivity contribution in [2.75, 3.05) is 5.73 Å². The Morgan fingerprint density at radius 2 is 1.79 bits per heavy atom. The summed E-state index contributed by atoms with van der Waals surface area (Å²) in [6.07, 6.45) is 1.51. The second kappa shape index (κ2) is 9.59. The van der Waals surface area contributed by atoms with Gasteiger partial charge in [0.2, 0.25) is 5.91 Å². The minimum Gasteiger partial charge on any atom is -0.394 e. The maximum Gasteiger partial charge on any atom is 0.274 e. The second-order valence-electron chi connectivity index (χ2n) is 4.78. The summed E-state index contributed by atoms with van der Waals surface area (Å²) in [4.78, 5) is 23.6. The van der Waals surface area contributed by atoms with Gasteiger partial charge in [0.25, 0.3) is 5.56 Å². The Morgan fingerprint density at radius 3 is 2.38 bits per heavy atom. The number of amides is 1. The topological polar surface area (TPSA) is 127 Å². The van der Waals surface area contributed by atoms with Crippen LogP contribution in [0.25, 0.3) is 0 Å². The molecule has 9 heteroatoms. The molecule has 2 rings (SSSR count). The predicted octanol–water partition coefficient (Wildman–Crippen LogP) is 0.875. The van der Waals surface area contributed by atoms with Crippen molar-refractivity contribution in [2.45, 2.75) is 13.1 Å². The van der Waals surface area contributed by atoms with E-state index in [4.69, 9.17) is 16.9 Å². The fraction of sp³-hybridized carbons (Fsp3) is 0.133. The van der Waals surface area contributed by atoms with Gasteiger partial charge in [-0.2, -0.15) is 0 Å². The van der Waals surface area contributed by atoms with E-state index in [2.05, 4.69) is 5.32 Å². The van der Waals surface area contributed by atoms with E-state index in [-0.39, 0.29) is 54.3 Å². The maximum absolute atomic E-state index is 11.9. The van der Waals surface area contributed by atoms with Gasteiger partial charge in [0, 0.05) is 18.3 Å². The van der Waals surface area contributed by atoms with E-state index in [1.807, 2.05) is 0 Å². The standard InChI is InChI=1S/C15H17N5O2.2ClH/c16-12-2-1-7-20(15(12)22)9-13(21)19-8-10-3-5-11(6-4-10)14(17)18;;/h1-7H,8-9,16H2,(H3,17,18)(H,19,21);2*1H. The number of carbonyl (C=O) groups excluding carboxylic acids is 1. The molecule has 2 aromatic rings. The van der Waals surface area contributed by atoms with Crippen molar-refractivity contribution in [3.8, 4) is 0 Å². The van der Waals surface area contributed by atoms with Gasteiger partial charge in [0.05, 0.1) is 5.69 Å². The molecule has 0 unspecified atom stereocenters. The van der Waals surface area contributed by atoms with Crippen LogP contribution in [-0.2, 0) is 17.9 Å². The number of aromatic nitrogens is 1. The van der Waals surface area contributed by atoms with Gasteiger partial charge in [0.15, 0.2) is 0 Å². The Kier molecular flexibility index (Phi) is 8.59. The van der Waals surface area contributed by atoms with E-state index in [0.717, 1.165) is 5.56 Å². The highest BCUT2D eigenvalue weighted by Gasteiger charge is 2.06. The number of rotatable bonds is 5. The highest BCUT2D eigenvalue weighted by Crippen LogP contribution is 2.03. The monoisotopic (exact) mass is 371 g/mol. The van der Waals surface area contributed by atoms with Crippen molar-refractivity contribution in [1.29, 1.82) is 5.41 Å². The lowest BCUT2D eigenvalue weighted by Gasteiger charge is -2.08. The molecule has 0 aliphatic carbocycles. The molecule has 130 valence electrons. The maximum atomic E-state index is 11.9. The first kappa shape index (κ1) is 21.5. The van der Waals surface area contributed by atoms with Crippen LogP contribution < -0.4 is 22.3 Å². The Balaban J connectivity index is 0.00000264. The van der Waals surface area contributed by atoms with Gasteiger partial charge >= 0.3 is 0 Å². The van der Waals surface area contributed by atoms with E-state index in [1.165, 1.54) is 16.8 Å². The SMILES string of the molecule is Cl.Cl.N=C(N)c1ccc(CNC(=O)Cn2cccc(N)c2=O)cc1. The molecule has 1 aromatic carbocycles. The summed E-state index contributed by atoms with van der Waals surface area (Å²) in [5.74, 6) is -0.292. The Hall–Kier alpha value is -2.51. The molecule has 0 aliphatic heterocycles. The number of hydrogen-bond acceptors (Lipinski definition) is 4. The smallest absolute Gasteiger partial charge is 0.274 e. The highest BCUT2D eigenvalue weighted by molar-refractivity contribution is 5.94. The minimum absolute atomic E-state index is 0. The number of nitrogens with two attached hydrogens (primary N) is 2. The summed E-state index contributed by atoms with van der Waals surface area (Å²) in [6.45, 7) is 0.240. The summed E-state index contributed by atoms with van der Waals surface area (Å²) in [5.41, 5.74) is 12.1. The third-order valence-electron chi connectivity index (χ3n) is 3.12. The van der Waals surface area contributed by atoms with Crippen molar-refractivity contribution in [3.63, 3.8) is 0 Å². The number of nitrogen functional groups attached to an aromatic ring is 2. The van der Waals surface area contributed by atoms with Gasteiger partial charge in [-0.1, -0.05) is 24.3 Å². The molecular formula is C15H19Cl2N5O2. The summed E-state index contributed by atoms with van der Waals surface area (Å²) < 4.78 is 1.25. The van der Waals surface area contributed by atoms with Gasteiger partial charge < -0.3 is 21.4 Å². The van der Waals surface area contributed by atoms with Crippen molar-refractivity contribution >= 4 is 42.2 Å². The molecule has 24 heavy (non-hydrogen) atoms. The summed E-state index contributed by atoms with van der Waals surface area (Å²) in [6, 6.07) is 10.1. The summed E-state index contributed by atoms with van der Waals surface area (Å²) in [5, 5.41) is 10.0. The number of anilines is 1. The molecule has 1 aromatic heterocycles. The first-order valence-corrected chi connectivity index (χ1v) is 6.62. The van der Waals surface area contributed by atoms with Crippen molar-refractivity contribution in [3.05, 3.63) is 64.1 Å². The van der Waals surface area contributed by atoms with Crippen molar-refractivity contribution in [1.82, 2.24) is 9.88 Å². The Bertz CT molecular complexity index is 759. The van der Waals surface area contributed by atoms with E-state index in [1.54, 1.807) is 30.3 Å². The van der Waals surface area contributed by atoms with Crippen LogP contribution in [0.3, 0.4) is 0 Å². The average Bonchev–Trinajstić information content (AvgIpc) is 2.50. The Morgan fingerprint density at radius 1 is 1.17 bits per heavy atom. The largest absolute Gasteiger partial charge is 0.394 e. The summed E-state index contributed by atoms with van der Waals surface area (Å²) >= 11 is 0. The minimum atomic E-state index is -0.386. The zero-order chi connectivity index (χ0) is 16.1. The van der Waals surface area contributed by atoms with Crippen LogP contribution in [0.5, 0.6) is 0 Å². The fourth-order valence-corrected chi connectivity index (χ4v) is 1.89. The second-order valence-corrected chi connectivity index (χ2v) is 4.78. The molecule has 0 fully saturated rings. The van der Waals surface area contributed by atoms with Gasteiger partial charge in [-0.3, -0.25) is 15.0 Å². The number of pyridine rings is 1. The molecule has 6 N–H and O–H groups in total. The quantitative estimate of drug-likeness (QED) is 0.459. The zero-order valence-corrected chi connectivity index (χ0v) is 14.3. The molecule has 0 saturated carbocycles. The number of carbonyl (C=O) groups is 1. The van der Waals surface area contributed by atoms with Gasteiger partial charge in [-0.25, -0.2) is 0 Å². The lowest BCUT2D eigenvalue weighted by molar-refractivity contribution is -0.121.